The zero-order valence-corrected chi connectivity index (χ0v) is 6.42. The molecule has 12 heavy (non-hydrogen) atoms. The zero-order chi connectivity index (χ0) is 9.14. The van der Waals surface area contributed by atoms with Gasteiger partial charge >= 0.3 is 0 Å². The molecule has 0 saturated carbocycles. The average Bonchev–Trinajstić information content (AvgIpc) is 2.05. The van der Waals surface area contributed by atoms with E-state index in [9.17, 15) is 13.6 Å². The first-order chi connectivity index (χ1) is 5.65. The van der Waals surface area contributed by atoms with Crippen LogP contribution < -0.4 is 0 Å². The van der Waals surface area contributed by atoms with E-state index in [4.69, 9.17) is 0 Å². The maximum absolute atomic E-state index is 12.0. The normalized spacial score (nSPS) is 10.3. The zero-order valence-electron chi connectivity index (χ0n) is 6.42. The van der Waals surface area contributed by atoms with E-state index in [1.165, 1.54) is 6.20 Å². The van der Waals surface area contributed by atoms with Crippen LogP contribution in [0.2, 0.25) is 0 Å². The number of carbonyl (C=O) groups is 1. The Balaban J connectivity index is 3.13. The van der Waals surface area contributed by atoms with Crippen molar-refractivity contribution in [2.45, 2.75) is 13.3 Å². The highest BCUT2D eigenvalue weighted by Gasteiger charge is 2.09. The smallest absolute Gasteiger partial charge is 0.280 e. The van der Waals surface area contributed by atoms with Gasteiger partial charge in [-0.1, -0.05) is 0 Å². The van der Waals surface area contributed by atoms with Crippen molar-refractivity contribution in [2.24, 2.45) is 0 Å². The standard InChI is InChI=1S/C8H7F2NO/c1-5-3-11-7(8(9)10)2-6(5)4-12/h2-4,8H,1H3. The number of rotatable bonds is 2. The average molecular weight is 171 g/mol. The first-order valence-electron chi connectivity index (χ1n) is 3.35. The molecule has 1 aromatic rings. The minimum atomic E-state index is -2.62. The molecular weight excluding hydrogens is 164 g/mol. The van der Waals surface area contributed by atoms with Gasteiger partial charge in [0.15, 0.2) is 0 Å². The van der Waals surface area contributed by atoms with Gasteiger partial charge in [-0.05, 0) is 18.6 Å². The molecule has 0 radical (unpaired) electrons. The van der Waals surface area contributed by atoms with Crippen molar-refractivity contribution < 1.29 is 13.6 Å². The van der Waals surface area contributed by atoms with Crippen LogP contribution in [0.15, 0.2) is 12.3 Å². The summed E-state index contributed by atoms with van der Waals surface area (Å²) in [7, 11) is 0. The van der Waals surface area contributed by atoms with Crippen LogP contribution in [0.5, 0.6) is 0 Å². The van der Waals surface area contributed by atoms with Gasteiger partial charge in [-0.2, -0.15) is 0 Å². The van der Waals surface area contributed by atoms with Crippen LogP contribution >= 0.6 is 0 Å². The molecule has 0 bridgehead atoms. The summed E-state index contributed by atoms with van der Waals surface area (Å²) in [4.78, 5) is 13.8. The molecule has 0 saturated heterocycles. The van der Waals surface area contributed by atoms with E-state index >= 15 is 0 Å². The summed E-state index contributed by atoms with van der Waals surface area (Å²) in [6.45, 7) is 1.64. The fourth-order valence-electron chi connectivity index (χ4n) is 0.803. The maximum atomic E-state index is 12.0. The summed E-state index contributed by atoms with van der Waals surface area (Å²) in [5, 5.41) is 0. The number of hydrogen-bond acceptors (Lipinski definition) is 2. The lowest BCUT2D eigenvalue weighted by Crippen LogP contribution is -1.95. The van der Waals surface area contributed by atoms with Gasteiger partial charge in [0.2, 0.25) is 0 Å². The van der Waals surface area contributed by atoms with E-state index in [2.05, 4.69) is 4.98 Å². The quantitative estimate of drug-likeness (QED) is 0.638. The van der Waals surface area contributed by atoms with Crippen molar-refractivity contribution in [1.29, 1.82) is 0 Å². The third-order valence-corrected chi connectivity index (χ3v) is 1.52. The molecule has 4 heteroatoms. The first-order valence-corrected chi connectivity index (χ1v) is 3.35. The molecule has 0 aliphatic rings. The fraction of sp³-hybridized carbons (Fsp3) is 0.250. The van der Waals surface area contributed by atoms with Crippen LogP contribution in [0.3, 0.4) is 0 Å². The number of aromatic nitrogens is 1. The SMILES string of the molecule is Cc1cnc(C(F)F)cc1C=O. The lowest BCUT2D eigenvalue weighted by molar-refractivity contribution is 0.112. The van der Waals surface area contributed by atoms with Gasteiger partial charge in [0.25, 0.3) is 6.43 Å². The minimum absolute atomic E-state index is 0.264. The third-order valence-electron chi connectivity index (χ3n) is 1.52. The predicted octanol–water partition coefficient (Wildman–Crippen LogP) is 2.14. The van der Waals surface area contributed by atoms with Crippen LogP contribution in [-0.2, 0) is 0 Å². The predicted molar refractivity (Wildman–Crippen MR) is 39.3 cm³/mol. The molecule has 0 fully saturated rings. The Labute approximate surface area is 68.2 Å². The lowest BCUT2D eigenvalue weighted by atomic mass is 10.1. The molecule has 0 spiro atoms. The van der Waals surface area contributed by atoms with E-state index in [0.29, 0.717) is 11.8 Å². The number of carbonyl (C=O) groups excluding carboxylic acids is 1. The lowest BCUT2D eigenvalue weighted by Gasteiger charge is -2.01. The van der Waals surface area contributed by atoms with Gasteiger partial charge in [-0.25, -0.2) is 8.78 Å². The van der Waals surface area contributed by atoms with Crippen molar-refractivity contribution in [3.8, 4) is 0 Å². The first kappa shape index (κ1) is 8.77. The molecule has 0 amide bonds. The molecule has 0 aliphatic heterocycles. The number of hydrogen-bond donors (Lipinski definition) is 0. The van der Waals surface area contributed by atoms with Crippen molar-refractivity contribution in [3.05, 3.63) is 29.1 Å². The van der Waals surface area contributed by atoms with Gasteiger partial charge in [0.1, 0.15) is 12.0 Å². The van der Waals surface area contributed by atoms with Crippen LogP contribution in [0.1, 0.15) is 28.0 Å². The number of alkyl halides is 2. The Kier molecular flexibility index (Phi) is 2.47. The molecule has 1 heterocycles. The molecular formula is C8H7F2NO. The highest BCUT2D eigenvalue weighted by molar-refractivity contribution is 5.76. The number of aldehydes is 1. The second-order valence-electron chi connectivity index (χ2n) is 2.38. The summed E-state index contributed by atoms with van der Waals surface area (Å²) in [5.41, 5.74) is 0.511. The van der Waals surface area contributed by atoms with Crippen molar-refractivity contribution in [3.63, 3.8) is 0 Å². The van der Waals surface area contributed by atoms with E-state index in [1.54, 1.807) is 6.92 Å². The van der Waals surface area contributed by atoms with Crippen molar-refractivity contribution >= 4 is 6.29 Å². The van der Waals surface area contributed by atoms with Gasteiger partial charge < -0.3 is 0 Å². The summed E-state index contributed by atoms with van der Waals surface area (Å²) in [6.07, 6.45) is -0.807. The third kappa shape index (κ3) is 1.64. The highest BCUT2D eigenvalue weighted by Crippen LogP contribution is 2.17. The topological polar surface area (TPSA) is 30.0 Å². The van der Waals surface area contributed by atoms with Crippen molar-refractivity contribution in [2.75, 3.05) is 0 Å². The maximum Gasteiger partial charge on any atom is 0.280 e. The Morgan fingerprint density at radius 1 is 1.58 bits per heavy atom. The molecule has 0 N–H and O–H groups in total. The van der Waals surface area contributed by atoms with E-state index in [0.717, 1.165) is 6.07 Å². The Morgan fingerprint density at radius 2 is 2.25 bits per heavy atom. The molecule has 0 aromatic carbocycles. The largest absolute Gasteiger partial charge is 0.298 e. The van der Waals surface area contributed by atoms with E-state index < -0.39 is 6.43 Å². The Morgan fingerprint density at radius 3 is 2.75 bits per heavy atom. The highest BCUT2D eigenvalue weighted by atomic mass is 19.3. The number of pyridine rings is 1. The second kappa shape index (κ2) is 3.38. The Hall–Kier alpha value is -1.32. The van der Waals surface area contributed by atoms with Gasteiger partial charge in [0.05, 0.1) is 0 Å². The second-order valence-corrected chi connectivity index (χ2v) is 2.38. The van der Waals surface area contributed by atoms with E-state index in [-0.39, 0.29) is 11.3 Å². The van der Waals surface area contributed by atoms with Gasteiger partial charge in [-0.15, -0.1) is 0 Å². The van der Waals surface area contributed by atoms with Crippen molar-refractivity contribution in [1.82, 2.24) is 4.98 Å². The molecule has 0 unspecified atom stereocenters. The van der Waals surface area contributed by atoms with Crippen LogP contribution in [-0.4, -0.2) is 11.3 Å². The number of aryl methyl sites for hydroxylation is 1. The number of halogens is 2. The van der Waals surface area contributed by atoms with E-state index in [1.807, 2.05) is 0 Å². The van der Waals surface area contributed by atoms with Crippen LogP contribution in [0.4, 0.5) is 8.78 Å². The summed E-state index contributed by atoms with van der Waals surface area (Å²) < 4.78 is 24.1. The fourth-order valence-corrected chi connectivity index (χ4v) is 0.803. The number of nitrogens with zero attached hydrogens (tertiary/aromatic N) is 1. The van der Waals surface area contributed by atoms with Crippen LogP contribution in [0, 0.1) is 6.92 Å². The van der Waals surface area contributed by atoms with Gasteiger partial charge in [0, 0.05) is 11.8 Å². The summed E-state index contributed by atoms with van der Waals surface area (Å²) in [6, 6.07) is 1.10. The minimum Gasteiger partial charge on any atom is -0.298 e. The monoisotopic (exact) mass is 171 g/mol. The van der Waals surface area contributed by atoms with Gasteiger partial charge in [-0.3, -0.25) is 9.78 Å². The Bertz CT molecular complexity index is 299. The molecule has 0 aliphatic carbocycles. The molecule has 64 valence electrons. The molecule has 2 nitrogen and oxygen atoms in total. The summed E-state index contributed by atoms with van der Waals surface area (Å²) >= 11 is 0. The summed E-state index contributed by atoms with van der Waals surface area (Å²) in [5.74, 6) is 0. The molecule has 1 rings (SSSR count). The van der Waals surface area contributed by atoms with Crippen LogP contribution in [0.25, 0.3) is 0 Å². The molecule has 1 aromatic heterocycles. The molecule has 0 atom stereocenters.